The van der Waals surface area contributed by atoms with Crippen LogP contribution in [-0.2, 0) is 4.79 Å². The van der Waals surface area contributed by atoms with Gasteiger partial charge < -0.3 is 10.6 Å². The third-order valence-corrected chi connectivity index (χ3v) is 4.45. The molecule has 3 aromatic rings. The maximum atomic E-state index is 12.2. The minimum absolute atomic E-state index is 0.0600. The van der Waals surface area contributed by atoms with Crippen LogP contribution >= 0.6 is 11.6 Å². The first-order valence-corrected chi connectivity index (χ1v) is 8.38. The lowest BCUT2D eigenvalue weighted by atomic mass is 10.00. The molecular formula is C20H20ClN2O+. The molecule has 0 saturated heterocycles. The highest BCUT2D eigenvalue weighted by atomic mass is 35.5. The summed E-state index contributed by atoms with van der Waals surface area (Å²) in [7, 11) is 0. The Morgan fingerprint density at radius 2 is 1.75 bits per heavy atom. The molecule has 0 unspecified atom stereocenters. The largest absolute Gasteiger partial charge is 0.332 e. The second-order valence-corrected chi connectivity index (χ2v) is 6.23. The van der Waals surface area contributed by atoms with Gasteiger partial charge in [0.25, 0.3) is 5.91 Å². The van der Waals surface area contributed by atoms with E-state index in [2.05, 4.69) is 42.6 Å². The van der Waals surface area contributed by atoms with E-state index in [1.54, 1.807) is 12.1 Å². The van der Waals surface area contributed by atoms with Crippen LogP contribution in [0.15, 0.2) is 66.7 Å². The quantitative estimate of drug-likeness (QED) is 0.730. The van der Waals surface area contributed by atoms with Gasteiger partial charge in [-0.25, -0.2) is 0 Å². The maximum Gasteiger partial charge on any atom is 0.279 e. The molecule has 122 valence electrons. The highest BCUT2D eigenvalue weighted by Gasteiger charge is 2.14. The van der Waals surface area contributed by atoms with E-state index in [-0.39, 0.29) is 11.9 Å². The standard InChI is InChI=1S/C20H19ClN2O/c1-14(16-10-6-8-15-7-2-3-9-17(15)16)22-13-20(24)23-19-12-5-4-11-18(19)21/h2-12,14,22H,13H2,1H3,(H,23,24)/p+1/t14-/m0/s1. The molecule has 0 radical (unpaired) electrons. The molecule has 3 aromatic carbocycles. The number of benzene rings is 3. The molecule has 0 heterocycles. The van der Waals surface area contributed by atoms with Gasteiger partial charge in [0.2, 0.25) is 0 Å². The molecule has 1 amide bonds. The predicted octanol–water partition coefficient (Wildman–Crippen LogP) is 3.76. The minimum atomic E-state index is -0.0600. The summed E-state index contributed by atoms with van der Waals surface area (Å²) in [5.74, 6) is -0.0600. The number of hydrogen-bond acceptors (Lipinski definition) is 1. The molecule has 24 heavy (non-hydrogen) atoms. The Kier molecular flexibility index (Phi) is 5.14. The SMILES string of the molecule is C[C@H]([NH2+]CC(=O)Nc1ccccc1Cl)c1cccc2ccccc12. The molecule has 3 rings (SSSR count). The van der Waals surface area contributed by atoms with Gasteiger partial charge >= 0.3 is 0 Å². The molecular weight excluding hydrogens is 320 g/mol. The molecule has 4 heteroatoms. The van der Waals surface area contributed by atoms with E-state index in [9.17, 15) is 4.79 Å². The summed E-state index contributed by atoms with van der Waals surface area (Å²) in [5, 5.41) is 7.89. The number of fused-ring (bicyclic) bond motifs is 1. The fraction of sp³-hybridized carbons (Fsp3) is 0.150. The molecule has 0 aliphatic rings. The van der Waals surface area contributed by atoms with Crippen LogP contribution in [0, 0.1) is 0 Å². The molecule has 0 fully saturated rings. The number of halogens is 1. The second kappa shape index (κ2) is 7.47. The van der Waals surface area contributed by atoms with Crippen molar-refractivity contribution >= 4 is 34.0 Å². The van der Waals surface area contributed by atoms with Crippen LogP contribution < -0.4 is 10.6 Å². The highest BCUT2D eigenvalue weighted by Crippen LogP contribution is 2.22. The third-order valence-electron chi connectivity index (χ3n) is 4.12. The molecule has 0 saturated carbocycles. The number of anilines is 1. The van der Waals surface area contributed by atoms with Crippen molar-refractivity contribution in [3.05, 3.63) is 77.3 Å². The van der Waals surface area contributed by atoms with E-state index in [1.165, 1.54) is 16.3 Å². The van der Waals surface area contributed by atoms with Gasteiger partial charge in [-0.15, -0.1) is 0 Å². The van der Waals surface area contributed by atoms with Gasteiger partial charge in [-0.05, 0) is 29.8 Å². The molecule has 3 nitrogen and oxygen atoms in total. The summed E-state index contributed by atoms with van der Waals surface area (Å²) < 4.78 is 0. The number of carbonyl (C=O) groups excluding carboxylic acids is 1. The summed E-state index contributed by atoms with van der Waals surface area (Å²) in [6, 6.07) is 22.0. The van der Waals surface area contributed by atoms with Crippen molar-refractivity contribution in [2.24, 2.45) is 0 Å². The number of amides is 1. The Hall–Kier alpha value is -2.36. The fourth-order valence-electron chi connectivity index (χ4n) is 2.82. The summed E-state index contributed by atoms with van der Waals surface area (Å²) >= 11 is 6.07. The summed E-state index contributed by atoms with van der Waals surface area (Å²) in [5.41, 5.74) is 1.88. The van der Waals surface area contributed by atoms with Crippen LogP contribution in [0.3, 0.4) is 0 Å². The number of quaternary nitrogens is 1. The number of rotatable bonds is 5. The van der Waals surface area contributed by atoms with Crippen molar-refractivity contribution < 1.29 is 10.1 Å². The Balaban J connectivity index is 1.65. The van der Waals surface area contributed by atoms with E-state index < -0.39 is 0 Å². The Labute approximate surface area is 146 Å². The Morgan fingerprint density at radius 1 is 1.04 bits per heavy atom. The molecule has 0 spiro atoms. The fourth-order valence-corrected chi connectivity index (χ4v) is 3.01. The zero-order valence-corrected chi connectivity index (χ0v) is 14.3. The van der Waals surface area contributed by atoms with Gasteiger partial charge in [0, 0.05) is 5.56 Å². The van der Waals surface area contributed by atoms with E-state index in [1.807, 2.05) is 29.6 Å². The molecule has 0 bridgehead atoms. The average molecular weight is 340 g/mol. The van der Waals surface area contributed by atoms with Crippen LogP contribution in [0.2, 0.25) is 5.02 Å². The van der Waals surface area contributed by atoms with E-state index in [0.29, 0.717) is 17.3 Å². The van der Waals surface area contributed by atoms with Crippen LogP contribution in [0.5, 0.6) is 0 Å². The van der Waals surface area contributed by atoms with Crippen molar-refractivity contribution in [1.82, 2.24) is 0 Å². The summed E-state index contributed by atoms with van der Waals surface area (Å²) in [6.45, 7) is 2.46. The van der Waals surface area contributed by atoms with Crippen LogP contribution in [0.4, 0.5) is 5.69 Å². The molecule has 0 aromatic heterocycles. The van der Waals surface area contributed by atoms with Crippen LogP contribution in [-0.4, -0.2) is 12.5 Å². The molecule has 0 aliphatic carbocycles. The first kappa shape index (κ1) is 16.5. The lowest BCUT2D eigenvalue weighted by molar-refractivity contribution is -0.682. The zero-order valence-electron chi connectivity index (χ0n) is 13.5. The topological polar surface area (TPSA) is 45.7 Å². The van der Waals surface area contributed by atoms with Gasteiger partial charge in [0.1, 0.15) is 6.04 Å². The predicted molar refractivity (Wildman–Crippen MR) is 99.2 cm³/mol. The van der Waals surface area contributed by atoms with Crippen molar-refractivity contribution in [2.45, 2.75) is 13.0 Å². The zero-order chi connectivity index (χ0) is 16.9. The second-order valence-electron chi connectivity index (χ2n) is 5.82. The van der Waals surface area contributed by atoms with Gasteiger partial charge in [0.05, 0.1) is 10.7 Å². The van der Waals surface area contributed by atoms with E-state index in [4.69, 9.17) is 11.6 Å². The Bertz CT molecular complexity index is 858. The third kappa shape index (κ3) is 3.75. The summed E-state index contributed by atoms with van der Waals surface area (Å²) in [6.07, 6.45) is 0. The number of nitrogens with one attached hydrogen (secondary N) is 1. The highest BCUT2D eigenvalue weighted by molar-refractivity contribution is 6.33. The van der Waals surface area contributed by atoms with Crippen molar-refractivity contribution in [3.8, 4) is 0 Å². The number of nitrogens with two attached hydrogens (primary N) is 1. The van der Waals surface area contributed by atoms with Gasteiger partial charge in [0.15, 0.2) is 6.54 Å². The van der Waals surface area contributed by atoms with Crippen molar-refractivity contribution in [2.75, 3.05) is 11.9 Å². The van der Waals surface area contributed by atoms with E-state index in [0.717, 1.165) is 0 Å². The first-order chi connectivity index (χ1) is 11.6. The van der Waals surface area contributed by atoms with Crippen LogP contribution in [0.25, 0.3) is 10.8 Å². The van der Waals surface area contributed by atoms with Crippen LogP contribution in [0.1, 0.15) is 18.5 Å². The number of carbonyl (C=O) groups is 1. The lowest BCUT2D eigenvalue weighted by Gasteiger charge is -2.14. The molecule has 1 atom stereocenters. The number of hydrogen-bond donors (Lipinski definition) is 2. The lowest BCUT2D eigenvalue weighted by Crippen LogP contribution is -2.86. The Morgan fingerprint density at radius 3 is 2.58 bits per heavy atom. The normalized spacial score (nSPS) is 12.1. The smallest absolute Gasteiger partial charge is 0.279 e. The summed E-state index contributed by atoms with van der Waals surface area (Å²) in [4.78, 5) is 12.2. The molecule has 3 N–H and O–H groups in total. The van der Waals surface area contributed by atoms with Crippen molar-refractivity contribution in [1.29, 1.82) is 0 Å². The minimum Gasteiger partial charge on any atom is -0.332 e. The van der Waals surface area contributed by atoms with Gasteiger partial charge in [-0.1, -0.05) is 66.2 Å². The van der Waals surface area contributed by atoms with Gasteiger partial charge in [-0.3, -0.25) is 4.79 Å². The first-order valence-electron chi connectivity index (χ1n) is 8.00. The number of para-hydroxylation sites is 1. The average Bonchev–Trinajstić information content (AvgIpc) is 2.61. The van der Waals surface area contributed by atoms with Gasteiger partial charge in [-0.2, -0.15) is 0 Å². The molecule has 0 aliphatic heterocycles. The van der Waals surface area contributed by atoms with Crippen molar-refractivity contribution in [3.63, 3.8) is 0 Å². The monoisotopic (exact) mass is 339 g/mol. The van der Waals surface area contributed by atoms with E-state index >= 15 is 0 Å². The maximum absolute atomic E-state index is 12.2.